The van der Waals surface area contributed by atoms with E-state index in [1.807, 2.05) is 17.0 Å². The number of piperidine rings is 1. The fourth-order valence-corrected chi connectivity index (χ4v) is 5.17. The lowest BCUT2D eigenvalue weighted by atomic mass is 10.0. The zero-order chi connectivity index (χ0) is 29.2. The van der Waals surface area contributed by atoms with Crippen LogP contribution in [-0.2, 0) is 17.9 Å². The van der Waals surface area contributed by atoms with Crippen molar-refractivity contribution in [2.45, 2.75) is 38.5 Å². The van der Waals surface area contributed by atoms with Gasteiger partial charge in [-0.1, -0.05) is 12.1 Å². The number of fused-ring (bicyclic) bond motifs is 1. The molecule has 214 valence electrons. The number of ether oxygens (including phenoxy) is 2. The van der Waals surface area contributed by atoms with Crippen molar-refractivity contribution < 1.29 is 28.2 Å². The SMILES string of the molecule is N#Cc1ccc(COc2cccc(N3CCC(=C(F)c4nc5ccc(C(=O)O)cc5n4CC4CCO4)CC3)n2)c(F)c1. The summed E-state index contributed by atoms with van der Waals surface area (Å²) in [5.74, 6) is -0.772. The summed E-state index contributed by atoms with van der Waals surface area (Å²) in [5.41, 5.74) is 2.41. The fourth-order valence-electron chi connectivity index (χ4n) is 5.17. The number of carbonyl (C=O) groups is 1. The normalized spacial score (nSPS) is 16.6. The predicted molar refractivity (Wildman–Crippen MR) is 150 cm³/mol. The monoisotopic (exact) mass is 571 g/mol. The van der Waals surface area contributed by atoms with Crippen LogP contribution < -0.4 is 9.64 Å². The molecule has 0 spiro atoms. The highest BCUT2D eigenvalue weighted by atomic mass is 19.1. The van der Waals surface area contributed by atoms with Gasteiger partial charge in [-0.2, -0.15) is 10.2 Å². The summed E-state index contributed by atoms with van der Waals surface area (Å²) in [5, 5.41) is 18.4. The van der Waals surface area contributed by atoms with E-state index in [1.54, 1.807) is 22.8 Å². The molecular weight excluding hydrogens is 544 g/mol. The quantitative estimate of drug-likeness (QED) is 0.296. The molecule has 9 nitrogen and oxygen atoms in total. The van der Waals surface area contributed by atoms with E-state index in [1.165, 1.54) is 30.3 Å². The molecular formula is C31H27F2N5O4. The Bertz CT molecular complexity index is 1730. The fraction of sp³-hybridized carbons (Fsp3) is 0.290. The molecule has 0 radical (unpaired) electrons. The van der Waals surface area contributed by atoms with E-state index in [0.29, 0.717) is 73.0 Å². The van der Waals surface area contributed by atoms with Gasteiger partial charge in [-0.05, 0) is 61.2 Å². The third kappa shape index (κ3) is 5.53. The van der Waals surface area contributed by atoms with Crippen LogP contribution in [0.2, 0.25) is 0 Å². The third-order valence-electron chi connectivity index (χ3n) is 7.64. The van der Waals surface area contributed by atoms with E-state index in [0.717, 1.165) is 6.42 Å². The van der Waals surface area contributed by atoms with Crippen molar-refractivity contribution in [3.63, 3.8) is 0 Å². The lowest BCUT2D eigenvalue weighted by molar-refractivity contribution is -0.0588. The van der Waals surface area contributed by atoms with E-state index in [-0.39, 0.29) is 29.7 Å². The minimum atomic E-state index is -1.05. The molecule has 2 saturated heterocycles. The van der Waals surface area contributed by atoms with Gasteiger partial charge in [-0.15, -0.1) is 0 Å². The second-order valence-corrected chi connectivity index (χ2v) is 10.3. The van der Waals surface area contributed by atoms with Gasteiger partial charge in [0.25, 0.3) is 0 Å². The Hall–Kier alpha value is -4.82. The molecule has 1 unspecified atom stereocenters. The molecule has 0 bridgehead atoms. The number of benzene rings is 2. The number of halogens is 2. The number of imidazole rings is 1. The standard InChI is InChI=1S/C31H27F2N5O4/c32-24-14-19(16-34)4-5-22(24)18-42-28-3-1-2-27(36-28)37-11-8-20(9-12-37)29(33)30-35-25-7-6-21(31(39)40)15-26(25)38(30)17-23-10-13-41-23/h1-7,14-15,23H,8-13,17-18H2,(H,39,40). The van der Waals surface area contributed by atoms with Crippen LogP contribution in [0.3, 0.4) is 0 Å². The van der Waals surface area contributed by atoms with Gasteiger partial charge in [-0.3, -0.25) is 0 Å². The largest absolute Gasteiger partial charge is 0.478 e. The Morgan fingerprint density at radius 2 is 1.95 bits per heavy atom. The molecule has 1 atom stereocenters. The number of carboxylic acids is 1. The van der Waals surface area contributed by atoms with Gasteiger partial charge >= 0.3 is 5.97 Å². The first kappa shape index (κ1) is 27.4. The molecule has 2 aliphatic heterocycles. The lowest BCUT2D eigenvalue weighted by Crippen LogP contribution is -2.32. The number of carboxylic acid groups (broad SMARTS) is 1. The molecule has 0 aliphatic carbocycles. The zero-order valence-corrected chi connectivity index (χ0v) is 22.6. The van der Waals surface area contributed by atoms with Crippen molar-refractivity contribution in [3.05, 3.63) is 88.5 Å². The Kier molecular flexibility index (Phi) is 7.54. The molecule has 1 N–H and O–H groups in total. The molecule has 4 heterocycles. The van der Waals surface area contributed by atoms with Crippen molar-refractivity contribution in [1.29, 1.82) is 5.26 Å². The highest BCUT2D eigenvalue weighted by Gasteiger charge is 2.27. The number of hydrogen-bond donors (Lipinski definition) is 1. The topological polar surface area (TPSA) is 114 Å². The van der Waals surface area contributed by atoms with Crippen LogP contribution in [0.5, 0.6) is 5.88 Å². The average molecular weight is 572 g/mol. The number of aromatic nitrogens is 3. The van der Waals surface area contributed by atoms with Crippen LogP contribution >= 0.6 is 0 Å². The van der Waals surface area contributed by atoms with Gasteiger partial charge in [0.2, 0.25) is 5.88 Å². The number of hydrogen-bond acceptors (Lipinski definition) is 7. The summed E-state index contributed by atoms with van der Waals surface area (Å²) in [4.78, 5) is 22.7. The summed E-state index contributed by atoms with van der Waals surface area (Å²) in [6.07, 6.45) is 1.70. The summed E-state index contributed by atoms with van der Waals surface area (Å²) in [6, 6.07) is 16.1. The van der Waals surface area contributed by atoms with Crippen LogP contribution in [0.15, 0.2) is 60.2 Å². The van der Waals surface area contributed by atoms with Gasteiger partial charge in [0.15, 0.2) is 11.7 Å². The van der Waals surface area contributed by atoms with E-state index < -0.39 is 17.6 Å². The predicted octanol–water partition coefficient (Wildman–Crippen LogP) is 5.49. The Morgan fingerprint density at radius 3 is 2.64 bits per heavy atom. The summed E-state index contributed by atoms with van der Waals surface area (Å²) in [6.45, 7) is 2.06. The van der Waals surface area contributed by atoms with E-state index in [9.17, 15) is 14.3 Å². The van der Waals surface area contributed by atoms with Crippen LogP contribution in [0.4, 0.5) is 14.6 Å². The minimum absolute atomic E-state index is 0.0348. The Morgan fingerprint density at radius 1 is 1.14 bits per heavy atom. The second kappa shape index (κ2) is 11.6. The summed E-state index contributed by atoms with van der Waals surface area (Å²) >= 11 is 0. The highest BCUT2D eigenvalue weighted by molar-refractivity contribution is 5.93. The first-order chi connectivity index (χ1) is 20.4. The Labute approximate surface area is 240 Å². The van der Waals surface area contributed by atoms with Crippen molar-refractivity contribution >= 4 is 28.6 Å². The van der Waals surface area contributed by atoms with Crippen molar-refractivity contribution in [2.24, 2.45) is 0 Å². The van der Waals surface area contributed by atoms with E-state index in [2.05, 4.69) is 9.97 Å². The maximum atomic E-state index is 16.0. The highest BCUT2D eigenvalue weighted by Crippen LogP contribution is 2.33. The number of aromatic carboxylic acids is 1. The first-order valence-corrected chi connectivity index (χ1v) is 13.7. The minimum Gasteiger partial charge on any atom is -0.478 e. The van der Waals surface area contributed by atoms with E-state index in [4.69, 9.17) is 14.7 Å². The molecule has 11 heteroatoms. The second-order valence-electron chi connectivity index (χ2n) is 10.3. The molecule has 0 amide bonds. The van der Waals surface area contributed by atoms with Crippen LogP contribution in [0, 0.1) is 17.1 Å². The van der Waals surface area contributed by atoms with Gasteiger partial charge in [0, 0.05) is 31.3 Å². The number of anilines is 1. The van der Waals surface area contributed by atoms with Crippen LogP contribution in [0.25, 0.3) is 16.9 Å². The maximum Gasteiger partial charge on any atom is 0.335 e. The van der Waals surface area contributed by atoms with Gasteiger partial charge in [-0.25, -0.2) is 18.6 Å². The molecule has 2 aliphatic rings. The molecule has 0 saturated carbocycles. The van der Waals surface area contributed by atoms with Crippen molar-refractivity contribution in [3.8, 4) is 11.9 Å². The van der Waals surface area contributed by atoms with Crippen molar-refractivity contribution in [1.82, 2.24) is 14.5 Å². The van der Waals surface area contributed by atoms with E-state index >= 15 is 4.39 Å². The molecule has 42 heavy (non-hydrogen) atoms. The third-order valence-corrected chi connectivity index (χ3v) is 7.64. The zero-order valence-electron chi connectivity index (χ0n) is 22.6. The van der Waals surface area contributed by atoms with Crippen LogP contribution in [0.1, 0.15) is 46.6 Å². The number of pyridine rings is 1. The number of rotatable bonds is 8. The van der Waals surface area contributed by atoms with Gasteiger partial charge in [0.05, 0.1) is 40.9 Å². The first-order valence-electron chi connectivity index (χ1n) is 13.7. The van der Waals surface area contributed by atoms with Gasteiger partial charge in [0.1, 0.15) is 18.2 Å². The average Bonchev–Trinajstić information content (AvgIpc) is 3.35. The Balaban J connectivity index is 1.18. The van der Waals surface area contributed by atoms with Gasteiger partial charge < -0.3 is 24.0 Å². The maximum absolute atomic E-state index is 16.0. The molecule has 2 aromatic heterocycles. The molecule has 6 rings (SSSR count). The molecule has 2 aromatic carbocycles. The molecule has 2 fully saturated rings. The summed E-state index contributed by atoms with van der Waals surface area (Å²) in [7, 11) is 0. The summed E-state index contributed by atoms with van der Waals surface area (Å²) < 4.78 is 43.3. The smallest absolute Gasteiger partial charge is 0.335 e. The molecule has 4 aromatic rings. The number of nitrogens with zero attached hydrogens (tertiary/aromatic N) is 5. The van der Waals surface area contributed by atoms with Crippen molar-refractivity contribution in [2.75, 3.05) is 24.6 Å². The number of nitriles is 1. The lowest BCUT2D eigenvalue weighted by Gasteiger charge is -2.30. The van der Waals surface area contributed by atoms with Crippen LogP contribution in [-0.4, -0.2) is 51.4 Å².